The van der Waals surface area contributed by atoms with Crippen LogP contribution in [-0.2, 0) is 4.74 Å². The summed E-state index contributed by atoms with van der Waals surface area (Å²) >= 11 is 0. The predicted octanol–water partition coefficient (Wildman–Crippen LogP) is 3.59. The van der Waals surface area contributed by atoms with Crippen molar-refractivity contribution in [3.63, 3.8) is 0 Å². The molecule has 1 fully saturated rings. The van der Waals surface area contributed by atoms with E-state index in [0.29, 0.717) is 24.5 Å². The summed E-state index contributed by atoms with van der Waals surface area (Å²) < 4.78 is 42.3. The van der Waals surface area contributed by atoms with E-state index in [1.807, 2.05) is 6.07 Å². The molecule has 1 saturated carbocycles. The van der Waals surface area contributed by atoms with Crippen LogP contribution in [0.2, 0.25) is 0 Å². The summed E-state index contributed by atoms with van der Waals surface area (Å²) in [5, 5.41) is 13.8. The van der Waals surface area contributed by atoms with Crippen LogP contribution in [0.5, 0.6) is 0 Å². The number of anilines is 2. The van der Waals surface area contributed by atoms with Crippen molar-refractivity contribution in [3.05, 3.63) is 36.2 Å². The summed E-state index contributed by atoms with van der Waals surface area (Å²) in [6.07, 6.45) is 1.44. The van der Waals surface area contributed by atoms with E-state index in [1.54, 1.807) is 12.4 Å². The largest absolute Gasteiger partial charge is 0.446 e. The molecule has 3 atom stereocenters. The number of hydrogen-bond donors (Lipinski definition) is 2. The standard InChI is InChI=1S/C19H20F3N7O2/c1-11(5-19(20,21)22)28-18(30)31-15-3-2-12(4-15)13-7-26-17(27-8-13)29-14-9-24-16(6-23)25-10-14/h7-12,15H,2-5H2,1H3,(H,28,30)(H,26,27,29)/t11-,12+,15-/m0/s1. The fourth-order valence-corrected chi connectivity index (χ4v) is 3.33. The Morgan fingerprint density at radius 2 is 1.90 bits per heavy atom. The van der Waals surface area contributed by atoms with Crippen LogP contribution in [0, 0.1) is 11.3 Å². The Labute approximate surface area is 176 Å². The Bertz CT molecular complexity index is 930. The molecule has 1 aliphatic rings. The SMILES string of the molecule is C[C@@H](CC(F)(F)F)NC(=O)O[C@H]1CC[C@@H](c2cnc(Nc3cnc(C#N)nc3)nc2)C1. The fourth-order valence-electron chi connectivity index (χ4n) is 3.33. The van der Waals surface area contributed by atoms with Crippen molar-refractivity contribution in [2.24, 2.45) is 0 Å². The van der Waals surface area contributed by atoms with Gasteiger partial charge in [-0.25, -0.2) is 24.7 Å². The van der Waals surface area contributed by atoms with Crippen molar-refractivity contribution >= 4 is 17.7 Å². The molecule has 2 aromatic rings. The summed E-state index contributed by atoms with van der Waals surface area (Å²) in [6, 6.07) is 0.772. The van der Waals surface area contributed by atoms with Crippen molar-refractivity contribution in [2.75, 3.05) is 5.32 Å². The third-order valence-corrected chi connectivity index (χ3v) is 4.71. The fraction of sp³-hybridized carbons (Fsp3) is 0.474. The van der Waals surface area contributed by atoms with Gasteiger partial charge in [0, 0.05) is 18.4 Å². The van der Waals surface area contributed by atoms with Gasteiger partial charge in [0.1, 0.15) is 12.2 Å². The van der Waals surface area contributed by atoms with Gasteiger partial charge in [0.15, 0.2) is 0 Å². The van der Waals surface area contributed by atoms with Crippen LogP contribution in [0.25, 0.3) is 0 Å². The highest BCUT2D eigenvalue weighted by Gasteiger charge is 2.32. The number of amides is 1. The second-order valence-electron chi connectivity index (χ2n) is 7.27. The van der Waals surface area contributed by atoms with Crippen LogP contribution in [0.4, 0.5) is 29.6 Å². The van der Waals surface area contributed by atoms with Crippen molar-refractivity contribution in [1.82, 2.24) is 25.3 Å². The first-order valence-electron chi connectivity index (χ1n) is 9.57. The Morgan fingerprint density at radius 1 is 1.23 bits per heavy atom. The third-order valence-electron chi connectivity index (χ3n) is 4.71. The normalized spacial score (nSPS) is 19.3. The van der Waals surface area contributed by atoms with Gasteiger partial charge in [0.2, 0.25) is 11.8 Å². The Balaban J connectivity index is 1.48. The van der Waals surface area contributed by atoms with Crippen LogP contribution < -0.4 is 10.6 Å². The molecule has 164 valence electrons. The van der Waals surface area contributed by atoms with Gasteiger partial charge in [-0.1, -0.05) is 0 Å². The van der Waals surface area contributed by atoms with E-state index in [1.165, 1.54) is 19.3 Å². The Kier molecular flexibility index (Phi) is 6.84. The molecule has 1 amide bonds. The summed E-state index contributed by atoms with van der Waals surface area (Å²) in [5.74, 6) is 0.474. The number of carbonyl (C=O) groups is 1. The molecule has 12 heteroatoms. The predicted molar refractivity (Wildman–Crippen MR) is 102 cm³/mol. The van der Waals surface area contributed by atoms with E-state index < -0.39 is 24.7 Å². The molecule has 0 saturated heterocycles. The topological polar surface area (TPSA) is 126 Å². The summed E-state index contributed by atoms with van der Waals surface area (Å²) in [7, 11) is 0. The lowest BCUT2D eigenvalue weighted by atomic mass is 10.0. The quantitative estimate of drug-likeness (QED) is 0.705. The maximum Gasteiger partial charge on any atom is 0.407 e. The number of ether oxygens (including phenoxy) is 1. The number of halogens is 3. The minimum Gasteiger partial charge on any atom is -0.446 e. The van der Waals surface area contributed by atoms with Crippen molar-refractivity contribution < 1.29 is 22.7 Å². The zero-order valence-electron chi connectivity index (χ0n) is 16.6. The van der Waals surface area contributed by atoms with Gasteiger partial charge in [-0.15, -0.1) is 0 Å². The number of alkyl carbamates (subject to hydrolysis) is 1. The molecular formula is C19H20F3N7O2. The highest BCUT2D eigenvalue weighted by molar-refractivity contribution is 5.67. The zero-order valence-corrected chi connectivity index (χ0v) is 16.6. The van der Waals surface area contributed by atoms with Crippen LogP contribution >= 0.6 is 0 Å². The number of nitrogens with zero attached hydrogens (tertiary/aromatic N) is 5. The number of nitrogens with one attached hydrogen (secondary N) is 2. The Hall–Kier alpha value is -3.49. The molecule has 3 rings (SSSR count). The van der Waals surface area contributed by atoms with Crippen LogP contribution in [0.15, 0.2) is 24.8 Å². The van der Waals surface area contributed by atoms with Crippen molar-refractivity contribution in [2.45, 2.75) is 56.8 Å². The number of alkyl halides is 3. The second-order valence-corrected chi connectivity index (χ2v) is 7.27. The molecule has 0 spiro atoms. The maximum atomic E-state index is 12.4. The molecule has 2 N–H and O–H groups in total. The first-order chi connectivity index (χ1) is 14.7. The summed E-state index contributed by atoms with van der Waals surface area (Å²) in [5.41, 5.74) is 1.41. The minimum atomic E-state index is -4.35. The van der Waals surface area contributed by atoms with Crippen LogP contribution in [0.1, 0.15) is 49.9 Å². The molecule has 0 aromatic carbocycles. The van der Waals surface area contributed by atoms with Gasteiger partial charge < -0.3 is 15.4 Å². The van der Waals surface area contributed by atoms with E-state index in [0.717, 1.165) is 12.0 Å². The molecular weight excluding hydrogens is 415 g/mol. The molecule has 2 aromatic heterocycles. The van der Waals surface area contributed by atoms with Crippen LogP contribution in [-0.4, -0.2) is 44.4 Å². The zero-order chi connectivity index (χ0) is 22.4. The molecule has 9 nitrogen and oxygen atoms in total. The number of hydrogen-bond acceptors (Lipinski definition) is 8. The molecule has 0 aliphatic heterocycles. The molecule has 1 aliphatic carbocycles. The van der Waals surface area contributed by atoms with Gasteiger partial charge in [0.25, 0.3) is 0 Å². The molecule has 0 radical (unpaired) electrons. The number of rotatable bonds is 6. The first kappa shape index (κ1) is 22.2. The lowest BCUT2D eigenvalue weighted by molar-refractivity contribution is -0.138. The van der Waals surface area contributed by atoms with E-state index >= 15 is 0 Å². The average molecular weight is 435 g/mol. The average Bonchev–Trinajstić information content (AvgIpc) is 3.16. The van der Waals surface area contributed by atoms with Crippen molar-refractivity contribution in [3.8, 4) is 6.07 Å². The Morgan fingerprint density at radius 3 is 2.52 bits per heavy atom. The van der Waals surface area contributed by atoms with E-state index in [-0.39, 0.29) is 17.8 Å². The lowest BCUT2D eigenvalue weighted by Gasteiger charge is -2.18. The van der Waals surface area contributed by atoms with Gasteiger partial charge in [-0.2, -0.15) is 18.4 Å². The summed E-state index contributed by atoms with van der Waals surface area (Å²) in [4.78, 5) is 28.0. The summed E-state index contributed by atoms with van der Waals surface area (Å²) in [6.45, 7) is 1.28. The highest BCUT2D eigenvalue weighted by Crippen LogP contribution is 2.35. The molecule has 2 heterocycles. The van der Waals surface area contributed by atoms with E-state index in [2.05, 4.69) is 30.6 Å². The number of nitriles is 1. The number of carbonyl (C=O) groups excluding carboxylic acids is 1. The van der Waals surface area contributed by atoms with Gasteiger partial charge >= 0.3 is 12.3 Å². The van der Waals surface area contributed by atoms with E-state index in [4.69, 9.17) is 10.00 Å². The van der Waals surface area contributed by atoms with E-state index in [9.17, 15) is 18.0 Å². The molecule has 0 bridgehead atoms. The third kappa shape index (κ3) is 6.77. The van der Waals surface area contributed by atoms with Crippen LogP contribution in [0.3, 0.4) is 0 Å². The monoisotopic (exact) mass is 435 g/mol. The second kappa shape index (κ2) is 9.55. The lowest BCUT2D eigenvalue weighted by Crippen LogP contribution is -2.37. The molecule has 31 heavy (non-hydrogen) atoms. The number of aromatic nitrogens is 4. The van der Waals surface area contributed by atoms with Gasteiger partial charge in [-0.3, -0.25) is 0 Å². The first-order valence-corrected chi connectivity index (χ1v) is 9.57. The van der Waals surface area contributed by atoms with Gasteiger partial charge in [0.05, 0.1) is 24.5 Å². The van der Waals surface area contributed by atoms with Crippen molar-refractivity contribution in [1.29, 1.82) is 5.26 Å². The maximum absolute atomic E-state index is 12.4. The molecule has 0 unspecified atom stereocenters. The minimum absolute atomic E-state index is 0.0586. The van der Waals surface area contributed by atoms with Gasteiger partial charge in [-0.05, 0) is 37.7 Å². The highest BCUT2D eigenvalue weighted by atomic mass is 19.4. The smallest absolute Gasteiger partial charge is 0.407 e.